The molecule has 1 saturated heterocycles. The van der Waals surface area contributed by atoms with Gasteiger partial charge in [-0.2, -0.15) is 0 Å². The van der Waals surface area contributed by atoms with E-state index in [2.05, 4.69) is 12.2 Å². The zero-order valence-electron chi connectivity index (χ0n) is 20.4. The van der Waals surface area contributed by atoms with Gasteiger partial charge in [-0.05, 0) is 12.1 Å². The Labute approximate surface area is 228 Å². The molecule has 2 heterocycles. The summed E-state index contributed by atoms with van der Waals surface area (Å²) in [5.41, 5.74) is 3.86. The monoisotopic (exact) mass is 655 g/mol. The zero-order chi connectivity index (χ0) is 25.2. The van der Waals surface area contributed by atoms with E-state index in [1.165, 1.54) is 22.7 Å². The molecule has 8 heteroatoms. The third-order valence-corrected chi connectivity index (χ3v) is 22.3. The second kappa shape index (κ2) is 11.3. The van der Waals surface area contributed by atoms with E-state index >= 15 is 0 Å². The van der Waals surface area contributed by atoms with E-state index in [-0.39, 0.29) is 11.2 Å². The summed E-state index contributed by atoms with van der Waals surface area (Å²) in [6, 6.07) is 14.1. The Morgan fingerprint density at radius 1 is 1.03 bits per heavy atom. The van der Waals surface area contributed by atoms with E-state index in [0.29, 0.717) is 4.90 Å². The number of benzene rings is 2. The molecule has 0 saturated carbocycles. The van der Waals surface area contributed by atoms with Crippen LogP contribution in [0.2, 0.25) is 0 Å². The SMILES string of the molecule is CSc1ccc(S(=O)(=O)I2CCC3(CC=C(CC4=NC(Cc5ccc(F)cc5)=CCS4)C3)CC2)cc1. The Hall–Kier alpha value is -1.10. The fraction of sp³-hybridized carbons (Fsp3) is 0.393. The summed E-state index contributed by atoms with van der Waals surface area (Å²) < 4.78 is 41.6. The molecule has 2 aliphatic heterocycles. The predicted molar refractivity (Wildman–Crippen MR) is 161 cm³/mol. The van der Waals surface area contributed by atoms with Gasteiger partial charge in [0.2, 0.25) is 0 Å². The second-order valence-corrected chi connectivity index (χ2v) is 23.8. The van der Waals surface area contributed by atoms with Crippen LogP contribution in [0, 0.1) is 11.2 Å². The summed E-state index contributed by atoms with van der Waals surface area (Å²) in [6.07, 6.45) is 12.4. The molecule has 1 aliphatic carbocycles. The summed E-state index contributed by atoms with van der Waals surface area (Å²) in [4.78, 5) is 6.55. The van der Waals surface area contributed by atoms with Gasteiger partial charge in [-0.25, -0.2) is 4.39 Å². The Morgan fingerprint density at radius 3 is 2.44 bits per heavy atom. The predicted octanol–water partition coefficient (Wildman–Crippen LogP) is 7.91. The molecule has 3 nitrogen and oxygen atoms in total. The summed E-state index contributed by atoms with van der Waals surface area (Å²) in [6.45, 7) is 0. The van der Waals surface area contributed by atoms with E-state index in [9.17, 15) is 12.8 Å². The van der Waals surface area contributed by atoms with Crippen molar-refractivity contribution in [2.45, 2.75) is 48.3 Å². The van der Waals surface area contributed by atoms with Crippen molar-refractivity contribution in [2.24, 2.45) is 10.4 Å². The quantitative estimate of drug-likeness (QED) is 0.100. The van der Waals surface area contributed by atoms with E-state index in [1.54, 1.807) is 35.7 Å². The first-order valence-corrected chi connectivity index (χ1v) is 21.5. The molecule has 5 rings (SSSR count). The molecule has 2 aromatic rings. The van der Waals surface area contributed by atoms with Gasteiger partial charge >= 0.3 is 207 Å². The van der Waals surface area contributed by atoms with Crippen LogP contribution in [-0.2, 0) is 13.4 Å². The first-order valence-electron chi connectivity index (χ1n) is 12.2. The molecular weight excluding hydrogens is 624 g/mol. The summed E-state index contributed by atoms with van der Waals surface area (Å²) in [7, 11) is -3.12. The Morgan fingerprint density at radius 2 is 1.75 bits per heavy atom. The number of hydrogen-bond donors (Lipinski definition) is 0. The number of hydrogen-bond acceptors (Lipinski definition) is 5. The van der Waals surface area contributed by atoms with E-state index in [0.717, 1.165) is 69.3 Å². The standard InChI is InChI=1S/C28H31FINO2S3/c1-34-25-6-8-26(9-7-25)36(32,33)30-15-13-28(14-16-30)12-10-22(20-28)19-27-31-24(11-17-35-27)18-21-2-4-23(29)5-3-21/h2-11H,12-20H2,1H3. The minimum absolute atomic E-state index is 0.210. The van der Waals surface area contributed by atoms with Crippen LogP contribution < -0.4 is 0 Å². The average molecular weight is 656 g/mol. The van der Waals surface area contributed by atoms with Crippen molar-refractivity contribution in [3.8, 4) is 0 Å². The van der Waals surface area contributed by atoms with Crippen LogP contribution in [0.1, 0.15) is 37.7 Å². The second-order valence-electron chi connectivity index (χ2n) is 9.63. The third kappa shape index (κ3) is 6.13. The Balaban J connectivity index is 1.16. The van der Waals surface area contributed by atoms with Gasteiger partial charge in [-0.3, -0.25) is 0 Å². The van der Waals surface area contributed by atoms with Crippen molar-refractivity contribution in [3.05, 3.63) is 83.3 Å². The number of aliphatic imine (C=N–C) groups is 1. The van der Waals surface area contributed by atoms with Crippen LogP contribution in [0.4, 0.5) is 4.39 Å². The van der Waals surface area contributed by atoms with Gasteiger partial charge in [0.25, 0.3) is 0 Å². The van der Waals surface area contributed by atoms with Crippen LogP contribution in [0.15, 0.2) is 86.7 Å². The van der Waals surface area contributed by atoms with Crippen molar-refractivity contribution in [1.29, 1.82) is 0 Å². The number of halogens is 2. The molecule has 2 aromatic carbocycles. The van der Waals surface area contributed by atoms with Crippen molar-refractivity contribution < 1.29 is 12.8 Å². The number of allylic oxidation sites excluding steroid dienone is 3. The van der Waals surface area contributed by atoms with E-state index < -0.39 is 25.4 Å². The molecule has 0 bridgehead atoms. The molecule has 192 valence electrons. The van der Waals surface area contributed by atoms with Gasteiger partial charge in [0.15, 0.2) is 0 Å². The van der Waals surface area contributed by atoms with Crippen molar-refractivity contribution in [1.82, 2.24) is 0 Å². The fourth-order valence-corrected chi connectivity index (χ4v) is 19.1. The van der Waals surface area contributed by atoms with E-state index in [1.807, 2.05) is 30.5 Å². The summed E-state index contributed by atoms with van der Waals surface area (Å²) in [5, 5.41) is 1.17. The number of alkyl halides is 2. The van der Waals surface area contributed by atoms with Crippen LogP contribution in [0.25, 0.3) is 0 Å². The Kier molecular flexibility index (Phi) is 8.34. The molecule has 0 unspecified atom stereocenters. The average Bonchev–Trinajstić information content (AvgIpc) is 3.27. The van der Waals surface area contributed by atoms with Crippen molar-refractivity contribution in [3.63, 3.8) is 0 Å². The Bertz CT molecular complexity index is 1290. The topological polar surface area (TPSA) is 46.5 Å². The van der Waals surface area contributed by atoms with Gasteiger partial charge in [0, 0.05) is 0 Å². The van der Waals surface area contributed by atoms with Crippen LogP contribution >= 0.6 is 42.0 Å². The minimum atomic E-state index is -3.12. The maximum absolute atomic E-state index is 13.3. The molecule has 0 N–H and O–H groups in total. The molecule has 1 fully saturated rings. The normalized spacial score (nSPS) is 20.7. The molecule has 0 aromatic heterocycles. The first-order chi connectivity index (χ1) is 17.3. The molecule has 36 heavy (non-hydrogen) atoms. The van der Waals surface area contributed by atoms with Gasteiger partial charge in [0.05, 0.1) is 0 Å². The van der Waals surface area contributed by atoms with Crippen LogP contribution in [-0.4, -0.2) is 34.3 Å². The molecule has 0 atom stereocenters. The van der Waals surface area contributed by atoms with Gasteiger partial charge in [0.1, 0.15) is 5.82 Å². The molecule has 0 amide bonds. The van der Waals surface area contributed by atoms with Crippen molar-refractivity contribution in [2.75, 3.05) is 20.9 Å². The molecule has 0 radical (unpaired) electrons. The number of rotatable bonds is 7. The summed E-state index contributed by atoms with van der Waals surface area (Å²) >= 11 is 1.35. The zero-order valence-corrected chi connectivity index (χ0v) is 25.0. The van der Waals surface area contributed by atoms with Gasteiger partial charge in [-0.1, -0.05) is 0 Å². The molecular formula is C28H31FINO2S3. The number of thioether (sulfide) groups is 2. The number of nitrogens with zero attached hydrogens (tertiary/aromatic N) is 1. The maximum atomic E-state index is 13.3. The van der Waals surface area contributed by atoms with Gasteiger partial charge in [-0.15, -0.1) is 0 Å². The fourth-order valence-electron chi connectivity index (χ4n) is 5.08. The summed E-state index contributed by atoms with van der Waals surface area (Å²) in [5.74, 6) is 0.718. The van der Waals surface area contributed by atoms with Crippen LogP contribution in [0.5, 0.6) is 0 Å². The molecule has 3 aliphatic rings. The van der Waals surface area contributed by atoms with E-state index in [4.69, 9.17) is 4.99 Å². The molecule has 1 spiro atoms. The van der Waals surface area contributed by atoms with Gasteiger partial charge < -0.3 is 0 Å². The first kappa shape index (κ1) is 26.5. The van der Waals surface area contributed by atoms with Crippen molar-refractivity contribution >= 4 is 54.0 Å². The third-order valence-electron chi connectivity index (χ3n) is 7.24. The van der Waals surface area contributed by atoms with Crippen LogP contribution in [0.3, 0.4) is 0 Å².